The highest BCUT2D eigenvalue weighted by molar-refractivity contribution is 5.85. The highest BCUT2D eigenvalue weighted by Gasteiger charge is 2.43. The Morgan fingerprint density at radius 1 is 1.24 bits per heavy atom. The van der Waals surface area contributed by atoms with Crippen LogP contribution in [0.15, 0.2) is 0 Å². The first kappa shape index (κ1) is 18.6. The average molecular weight is 329 g/mol. The maximum atomic E-state index is 12.8. The van der Waals surface area contributed by atoms with Crippen molar-refractivity contribution in [1.29, 1.82) is 0 Å². The number of amides is 1. The lowest BCUT2D eigenvalue weighted by Crippen LogP contribution is -2.50. The van der Waals surface area contributed by atoms with E-state index in [1.165, 1.54) is 0 Å². The van der Waals surface area contributed by atoms with E-state index in [1.54, 1.807) is 0 Å². The first-order valence-electron chi connectivity index (χ1n) is 7.45. The molecule has 21 heavy (non-hydrogen) atoms. The summed E-state index contributed by atoms with van der Waals surface area (Å²) in [6.07, 6.45) is -2.13. The van der Waals surface area contributed by atoms with E-state index in [-0.39, 0.29) is 37.2 Å². The van der Waals surface area contributed by atoms with Gasteiger partial charge >= 0.3 is 6.18 Å². The van der Waals surface area contributed by atoms with Crippen LogP contribution in [0.4, 0.5) is 13.2 Å². The Morgan fingerprint density at radius 3 is 2.57 bits per heavy atom. The summed E-state index contributed by atoms with van der Waals surface area (Å²) in [6.45, 7) is 3.75. The highest BCUT2D eigenvalue weighted by Crippen LogP contribution is 2.40. The topological polar surface area (TPSA) is 41.1 Å². The Hall–Kier alpha value is -0.490. The molecule has 3 nitrogen and oxygen atoms in total. The molecule has 7 heteroatoms. The van der Waals surface area contributed by atoms with Gasteiger partial charge in [-0.25, -0.2) is 0 Å². The van der Waals surface area contributed by atoms with Gasteiger partial charge in [-0.1, -0.05) is 13.3 Å². The van der Waals surface area contributed by atoms with Crippen molar-refractivity contribution in [2.24, 2.45) is 17.8 Å². The predicted octanol–water partition coefficient (Wildman–Crippen LogP) is 2.89. The van der Waals surface area contributed by atoms with E-state index in [0.717, 1.165) is 19.5 Å². The number of alkyl halides is 3. The molecule has 2 N–H and O–H groups in total. The van der Waals surface area contributed by atoms with Gasteiger partial charge < -0.3 is 10.6 Å². The molecule has 0 aromatic carbocycles. The van der Waals surface area contributed by atoms with Crippen LogP contribution >= 0.6 is 12.4 Å². The van der Waals surface area contributed by atoms with Crippen LogP contribution in [0.1, 0.15) is 39.0 Å². The standard InChI is InChI=1S/C14H23F3N2O.ClH/c1-9-8-18-6-5-12(9)19-13(20)10-3-2-4-11(7-10)14(15,16)17;/h9-12,18H,2-8H2,1H3,(H,19,20);1H. The molecule has 4 unspecified atom stereocenters. The van der Waals surface area contributed by atoms with Crippen LogP contribution in [-0.2, 0) is 4.79 Å². The Bertz CT molecular complexity index is 352. The fraction of sp³-hybridized carbons (Fsp3) is 0.929. The van der Waals surface area contributed by atoms with Crippen LogP contribution in [0.2, 0.25) is 0 Å². The molecule has 124 valence electrons. The van der Waals surface area contributed by atoms with E-state index in [1.807, 2.05) is 0 Å². The van der Waals surface area contributed by atoms with Crippen LogP contribution in [0.3, 0.4) is 0 Å². The summed E-state index contributed by atoms with van der Waals surface area (Å²) in [6, 6.07) is 0.0926. The minimum atomic E-state index is -4.17. The Balaban J connectivity index is 0.00000220. The quantitative estimate of drug-likeness (QED) is 0.818. The summed E-state index contributed by atoms with van der Waals surface area (Å²) >= 11 is 0. The van der Waals surface area contributed by atoms with Crippen molar-refractivity contribution >= 4 is 18.3 Å². The van der Waals surface area contributed by atoms with Crippen molar-refractivity contribution in [1.82, 2.24) is 10.6 Å². The van der Waals surface area contributed by atoms with Gasteiger partial charge in [-0.05, 0) is 44.7 Å². The molecule has 0 aromatic rings. The molecule has 1 amide bonds. The van der Waals surface area contributed by atoms with Gasteiger partial charge in [-0.3, -0.25) is 4.79 Å². The van der Waals surface area contributed by atoms with Crippen molar-refractivity contribution in [2.75, 3.05) is 13.1 Å². The fourth-order valence-electron chi connectivity index (χ4n) is 3.25. The van der Waals surface area contributed by atoms with Crippen molar-refractivity contribution < 1.29 is 18.0 Å². The predicted molar refractivity (Wildman–Crippen MR) is 77.3 cm³/mol. The Morgan fingerprint density at radius 2 is 1.95 bits per heavy atom. The van der Waals surface area contributed by atoms with E-state index >= 15 is 0 Å². The molecule has 0 radical (unpaired) electrons. The van der Waals surface area contributed by atoms with Gasteiger partial charge in [0.1, 0.15) is 0 Å². The molecular weight excluding hydrogens is 305 g/mol. The van der Waals surface area contributed by atoms with Gasteiger partial charge in [-0.15, -0.1) is 12.4 Å². The van der Waals surface area contributed by atoms with Gasteiger partial charge in [0.25, 0.3) is 0 Å². The number of nitrogens with one attached hydrogen (secondary N) is 2. The minimum Gasteiger partial charge on any atom is -0.353 e. The summed E-state index contributed by atoms with van der Waals surface area (Å²) < 4.78 is 38.3. The number of rotatable bonds is 2. The number of carbonyl (C=O) groups is 1. The average Bonchev–Trinajstić information content (AvgIpc) is 2.40. The molecule has 1 aliphatic carbocycles. The van der Waals surface area contributed by atoms with Crippen LogP contribution in [0, 0.1) is 17.8 Å². The Labute approximate surface area is 129 Å². The van der Waals surface area contributed by atoms with Gasteiger partial charge in [-0.2, -0.15) is 13.2 Å². The number of carbonyl (C=O) groups excluding carboxylic acids is 1. The lowest BCUT2D eigenvalue weighted by atomic mass is 9.80. The minimum absolute atomic E-state index is 0. The molecule has 0 aromatic heterocycles. The van der Waals surface area contributed by atoms with E-state index < -0.39 is 18.0 Å². The highest BCUT2D eigenvalue weighted by atomic mass is 35.5. The maximum absolute atomic E-state index is 12.8. The molecule has 1 saturated heterocycles. The monoisotopic (exact) mass is 328 g/mol. The van der Waals surface area contributed by atoms with Crippen molar-refractivity contribution in [2.45, 2.75) is 51.2 Å². The van der Waals surface area contributed by atoms with Crippen LogP contribution in [-0.4, -0.2) is 31.2 Å². The van der Waals surface area contributed by atoms with E-state index in [0.29, 0.717) is 18.8 Å². The molecule has 1 aliphatic heterocycles. The molecule has 2 rings (SSSR count). The number of hydrogen-bond acceptors (Lipinski definition) is 2. The molecule has 2 aliphatic rings. The normalized spacial score (nSPS) is 33.9. The van der Waals surface area contributed by atoms with Gasteiger partial charge in [0.05, 0.1) is 5.92 Å². The molecule has 0 spiro atoms. The third-order valence-electron chi connectivity index (χ3n) is 4.62. The first-order chi connectivity index (χ1) is 9.38. The summed E-state index contributed by atoms with van der Waals surface area (Å²) in [7, 11) is 0. The zero-order chi connectivity index (χ0) is 14.8. The third-order valence-corrected chi connectivity index (χ3v) is 4.62. The van der Waals surface area contributed by atoms with Gasteiger partial charge in [0, 0.05) is 12.0 Å². The molecule has 4 atom stereocenters. The number of halogens is 4. The van der Waals surface area contributed by atoms with Crippen molar-refractivity contribution in [3.05, 3.63) is 0 Å². The largest absolute Gasteiger partial charge is 0.391 e. The smallest absolute Gasteiger partial charge is 0.353 e. The first-order valence-corrected chi connectivity index (χ1v) is 7.45. The lowest BCUT2D eigenvalue weighted by Gasteiger charge is -2.34. The second-order valence-corrected chi connectivity index (χ2v) is 6.19. The van der Waals surface area contributed by atoms with Gasteiger partial charge in [0.15, 0.2) is 0 Å². The molecule has 2 fully saturated rings. The summed E-state index contributed by atoms with van der Waals surface area (Å²) in [5.74, 6) is -1.64. The molecular formula is C14H24ClF3N2O. The van der Waals surface area contributed by atoms with Crippen molar-refractivity contribution in [3.8, 4) is 0 Å². The van der Waals surface area contributed by atoms with Crippen LogP contribution in [0.25, 0.3) is 0 Å². The SMILES string of the molecule is CC1CNCCC1NC(=O)C1CCCC(C(F)(F)F)C1.Cl. The maximum Gasteiger partial charge on any atom is 0.391 e. The summed E-state index contributed by atoms with van der Waals surface area (Å²) in [5.41, 5.74) is 0. The van der Waals surface area contributed by atoms with E-state index in [2.05, 4.69) is 17.6 Å². The zero-order valence-electron chi connectivity index (χ0n) is 12.2. The van der Waals surface area contributed by atoms with E-state index in [9.17, 15) is 18.0 Å². The molecule has 1 heterocycles. The second kappa shape index (κ2) is 7.68. The summed E-state index contributed by atoms with van der Waals surface area (Å²) in [4.78, 5) is 12.2. The molecule has 0 bridgehead atoms. The second-order valence-electron chi connectivity index (χ2n) is 6.19. The van der Waals surface area contributed by atoms with Crippen LogP contribution < -0.4 is 10.6 Å². The Kier molecular flexibility index (Phi) is 6.78. The fourth-order valence-corrected chi connectivity index (χ4v) is 3.25. The van der Waals surface area contributed by atoms with Crippen LogP contribution in [0.5, 0.6) is 0 Å². The zero-order valence-corrected chi connectivity index (χ0v) is 13.0. The number of hydrogen-bond donors (Lipinski definition) is 2. The van der Waals surface area contributed by atoms with Crippen molar-refractivity contribution in [3.63, 3.8) is 0 Å². The summed E-state index contributed by atoms with van der Waals surface area (Å²) in [5, 5.41) is 6.21. The third kappa shape index (κ3) is 5.02. The lowest BCUT2D eigenvalue weighted by molar-refractivity contribution is -0.186. The number of piperidine rings is 1. The molecule has 1 saturated carbocycles. The van der Waals surface area contributed by atoms with E-state index in [4.69, 9.17) is 0 Å². The van der Waals surface area contributed by atoms with Gasteiger partial charge in [0.2, 0.25) is 5.91 Å².